The highest BCUT2D eigenvalue weighted by Crippen LogP contribution is 2.22. The molecule has 0 bridgehead atoms. The van der Waals surface area contributed by atoms with Crippen LogP contribution in [0.2, 0.25) is 5.02 Å². The molecule has 2 aromatic carbocycles. The molecule has 0 aromatic heterocycles. The lowest BCUT2D eigenvalue weighted by Gasteiger charge is -2.15. The molecule has 1 atom stereocenters. The van der Waals surface area contributed by atoms with E-state index in [1.165, 1.54) is 11.1 Å². The third-order valence-corrected chi connectivity index (χ3v) is 4.12. The molecule has 0 amide bonds. The summed E-state index contributed by atoms with van der Waals surface area (Å²) < 4.78 is 1.15. The molecule has 0 aliphatic rings. The van der Waals surface area contributed by atoms with E-state index in [0.29, 0.717) is 6.04 Å². The van der Waals surface area contributed by atoms with Crippen molar-refractivity contribution in [2.24, 2.45) is 0 Å². The highest BCUT2D eigenvalue weighted by molar-refractivity contribution is 9.10. The van der Waals surface area contributed by atoms with Gasteiger partial charge in [0.15, 0.2) is 0 Å². The van der Waals surface area contributed by atoms with Crippen LogP contribution in [-0.2, 0) is 6.42 Å². The SMILES string of the molecule is CC(NCCc1ccc(Cl)cc1)c1ccccc1Br. The number of hydrogen-bond acceptors (Lipinski definition) is 1. The van der Waals surface area contributed by atoms with Crippen LogP contribution in [0.5, 0.6) is 0 Å². The van der Waals surface area contributed by atoms with Gasteiger partial charge in [-0.2, -0.15) is 0 Å². The first-order valence-corrected chi connectivity index (χ1v) is 7.56. The van der Waals surface area contributed by atoms with Crippen LogP contribution in [0, 0.1) is 0 Å². The van der Waals surface area contributed by atoms with E-state index in [9.17, 15) is 0 Å². The molecule has 0 radical (unpaired) electrons. The Morgan fingerprint density at radius 1 is 1.11 bits per heavy atom. The first-order valence-electron chi connectivity index (χ1n) is 6.39. The summed E-state index contributed by atoms with van der Waals surface area (Å²) in [6.45, 7) is 3.13. The van der Waals surface area contributed by atoms with Crippen molar-refractivity contribution >= 4 is 27.5 Å². The van der Waals surface area contributed by atoms with Crippen molar-refractivity contribution < 1.29 is 0 Å². The van der Waals surface area contributed by atoms with Crippen molar-refractivity contribution in [3.8, 4) is 0 Å². The highest BCUT2D eigenvalue weighted by atomic mass is 79.9. The number of benzene rings is 2. The summed E-state index contributed by atoms with van der Waals surface area (Å²) in [7, 11) is 0. The van der Waals surface area contributed by atoms with E-state index in [4.69, 9.17) is 11.6 Å². The number of nitrogens with one attached hydrogen (secondary N) is 1. The molecular formula is C16H17BrClN. The molecule has 0 aliphatic heterocycles. The van der Waals surface area contributed by atoms with Crippen molar-refractivity contribution in [1.82, 2.24) is 5.32 Å². The smallest absolute Gasteiger partial charge is 0.0406 e. The van der Waals surface area contributed by atoms with E-state index in [0.717, 1.165) is 22.5 Å². The van der Waals surface area contributed by atoms with Gasteiger partial charge in [-0.1, -0.05) is 57.9 Å². The van der Waals surface area contributed by atoms with Crippen LogP contribution >= 0.6 is 27.5 Å². The average Bonchev–Trinajstić information content (AvgIpc) is 2.41. The summed E-state index contributed by atoms with van der Waals surface area (Å²) in [5.74, 6) is 0. The molecule has 0 saturated heterocycles. The Balaban J connectivity index is 1.86. The van der Waals surface area contributed by atoms with Gasteiger partial charge in [0.25, 0.3) is 0 Å². The second-order valence-corrected chi connectivity index (χ2v) is 5.86. The molecule has 1 unspecified atom stereocenters. The summed E-state index contributed by atoms with van der Waals surface area (Å²) in [6, 6.07) is 16.7. The minimum Gasteiger partial charge on any atom is -0.310 e. The van der Waals surface area contributed by atoms with E-state index in [-0.39, 0.29) is 0 Å². The predicted octanol–water partition coefficient (Wildman–Crippen LogP) is 5.00. The van der Waals surface area contributed by atoms with E-state index < -0.39 is 0 Å². The zero-order valence-electron chi connectivity index (χ0n) is 10.9. The fourth-order valence-corrected chi connectivity index (χ4v) is 2.77. The maximum Gasteiger partial charge on any atom is 0.0406 e. The first kappa shape index (κ1) is 14.6. The zero-order chi connectivity index (χ0) is 13.7. The van der Waals surface area contributed by atoms with Crippen LogP contribution in [0.1, 0.15) is 24.1 Å². The van der Waals surface area contributed by atoms with Gasteiger partial charge in [0.1, 0.15) is 0 Å². The van der Waals surface area contributed by atoms with Gasteiger partial charge in [-0.3, -0.25) is 0 Å². The Hall–Kier alpha value is -0.830. The van der Waals surface area contributed by atoms with Gasteiger partial charge in [0.2, 0.25) is 0 Å². The summed E-state index contributed by atoms with van der Waals surface area (Å²) in [5, 5.41) is 4.33. The maximum atomic E-state index is 5.87. The molecule has 3 heteroatoms. The Kier molecular flexibility index (Phi) is 5.44. The molecule has 0 fully saturated rings. The first-order chi connectivity index (χ1) is 9.16. The normalized spacial score (nSPS) is 12.4. The molecule has 0 spiro atoms. The van der Waals surface area contributed by atoms with Gasteiger partial charge in [0.05, 0.1) is 0 Å². The third kappa shape index (κ3) is 4.34. The van der Waals surface area contributed by atoms with Crippen LogP contribution < -0.4 is 5.32 Å². The lowest BCUT2D eigenvalue weighted by Crippen LogP contribution is -2.21. The van der Waals surface area contributed by atoms with E-state index in [1.54, 1.807) is 0 Å². The summed E-state index contributed by atoms with van der Waals surface area (Å²) >= 11 is 9.46. The van der Waals surface area contributed by atoms with Crippen LogP contribution in [0.15, 0.2) is 53.0 Å². The minimum absolute atomic E-state index is 0.336. The molecule has 2 aromatic rings. The van der Waals surface area contributed by atoms with Gasteiger partial charge in [-0.15, -0.1) is 0 Å². The fraction of sp³-hybridized carbons (Fsp3) is 0.250. The monoisotopic (exact) mass is 337 g/mol. The quantitative estimate of drug-likeness (QED) is 0.809. The van der Waals surface area contributed by atoms with Crippen molar-refractivity contribution in [2.45, 2.75) is 19.4 Å². The van der Waals surface area contributed by atoms with Gasteiger partial charge in [-0.05, 0) is 49.2 Å². The van der Waals surface area contributed by atoms with Gasteiger partial charge >= 0.3 is 0 Å². The molecule has 0 heterocycles. The second kappa shape index (κ2) is 7.09. The Labute approximate surface area is 128 Å². The predicted molar refractivity (Wildman–Crippen MR) is 85.7 cm³/mol. The van der Waals surface area contributed by atoms with Crippen molar-refractivity contribution in [3.63, 3.8) is 0 Å². The summed E-state index contributed by atoms with van der Waals surface area (Å²) in [5.41, 5.74) is 2.59. The zero-order valence-corrected chi connectivity index (χ0v) is 13.2. The van der Waals surface area contributed by atoms with Crippen LogP contribution in [0.25, 0.3) is 0 Å². The Morgan fingerprint density at radius 3 is 2.47 bits per heavy atom. The fourth-order valence-electron chi connectivity index (χ4n) is 2.02. The number of hydrogen-bond donors (Lipinski definition) is 1. The number of halogens is 2. The summed E-state index contributed by atoms with van der Waals surface area (Å²) in [6.07, 6.45) is 1.01. The van der Waals surface area contributed by atoms with E-state index in [1.807, 2.05) is 18.2 Å². The van der Waals surface area contributed by atoms with Crippen LogP contribution in [-0.4, -0.2) is 6.54 Å². The molecule has 1 N–H and O–H groups in total. The topological polar surface area (TPSA) is 12.0 Å². The number of rotatable bonds is 5. The molecule has 100 valence electrons. The molecule has 0 saturated carbocycles. The Bertz CT molecular complexity index is 525. The second-order valence-electron chi connectivity index (χ2n) is 4.57. The van der Waals surface area contributed by atoms with Crippen molar-refractivity contribution in [1.29, 1.82) is 0 Å². The molecule has 19 heavy (non-hydrogen) atoms. The average molecular weight is 339 g/mol. The highest BCUT2D eigenvalue weighted by Gasteiger charge is 2.07. The standard InChI is InChI=1S/C16H17BrClN/c1-12(15-4-2-3-5-16(15)17)19-11-10-13-6-8-14(18)9-7-13/h2-9,12,19H,10-11H2,1H3. The van der Waals surface area contributed by atoms with Crippen LogP contribution in [0.3, 0.4) is 0 Å². The molecule has 0 aliphatic carbocycles. The third-order valence-electron chi connectivity index (χ3n) is 3.15. The molecule has 2 rings (SSSR count). The van der Waals surface area contributed by atoms with Gasteiger partial charge in [-0.25, -0.2) is 0 Å². The maximum absolute atomic E-state index is 5.87. The molecule has 1 nitrogen and oxygen atoms in total. The van der Waals surface area contributed by atoms with Crippen molar-refractivity contribution in [3.05, 3.63) is 69.2 Å². The minimum atomic E-state index is 0.336. The largest absolute Gasteiger partial charge is 0.310 e. The van der Waals surface area contributed by atoms with Gasteiger partial charge in [0, 0.05) is 15.5 Å². The lowest BCUT2D eigenvalue weighted by atomic mass is 10.1. The Morgan fingerprint density at radius 2 is 1.79 bits per heavy atom. The van der Waals surface area contributed by atoms with Crippen molar-refractivity contribution in [2.75, 3.05) is 6.54 Å². The summed E-state index contributed by atoms with van der Waals surface area (Å²) in [4.78, 5) is 0. The van der Waals surface area contributed by atoms with E-state index >= 15 is 0 Å². The van der Waals surface area contributed by atoms with E-state index in [2.05, 4.69) is 58.5 Å². The lowest BCUT2D eigenvalue weighted by molar-refractivity contribution is 0.575. The van der Waals surface area contributed by atoms with Gasteiger partial charge < -0.3 is 5.32 Å². The van der Waals surface area contributed by atoms with Crippen LogP contribution in [0.4, 0.5) is 0 Å². The molecular weight excluding hydrogens is 322 g/mol.